The van der Waals surface area contributed by atoms with E-state index in [1.807, 2.05) is 60.7 Å². The Kier molecular flexibility index (Phi) is 5.80. The molecule has 0 bridgehead atoms. The average molecular weight is 394 g/mol. The van der Waals surface area contributed by atoms with Gasteiger partial charge in [0.15, 0.2) is 0 Å². The third-order valence-electron chi connectivity index (χ3n) is 4.42. The number of carbonyl (C=O) groups excluding carboxylic acids is 1. The molecular weight excluding hydrogens is 372 g/mol. The van der Waals surface area contributed by atoms with E-state index in [1.54, 1.807) is 36.2 Å². The number of carbonyl (C=O) groups is 1. The number of benzene rings is 3. The van der Waals surface area contributed by atoms with Crippen LogP contribution in [0.25, 0.3) is 0 Å². The molecule has 3 aromatic carbocycles. The minimum atomic E-state index is -3.47. The molecule has 0 aliphatic rings. The van der Waals surface area contributed by atoms with Crippen LogP contribution in [0.3, 0.4) is 0 Å². The summed E-state index contributed by atoms with van der Waals surface area (Å²) in [6, 6.07) is 25.4. The second-order valence-corrected chi connectivity index (χ2v) is 8.41. The summed E-state index contributed by atoms with van der Waals surface area (Å²) >= 11 is 0. The molecule has 0 aromatic heterocycles. The third-order valence-corrected chi connectivity index (χ3v) is 5.56. The van der Waals surface area contributed by atoms with Crippen LogP contribution in [0.1, 0.15) is 15.9 Å². The summed E-state index contributed by atoms with van der Waals surface area (Å²) in [5.41, 5.74) is 2.68. The van der Waals surface area contributed by atoms with Crippen molar-refractivity contribution in [2.75, 3.05) is 22.5 Å². The minimum absolute atomic E-state index is 0.160. The number of nitrogens with zero attached hydrogens (tertiary/aromatic N) is 2. The van der Waals surface area contributed by atoms with Gasteiger partial charge in [-0.2, -0.15) is 0 Å². The molecule has 3 aromatic rings. The van der Waals surface area contributed by atoms with Crippen molar-refractivity contribution in [3.63, 3.8) is 0 Å². The maximum Gasteiger partial charge on any atom is 0.258 e. The molecule has 6 heteroatoms. The Morgan fingerprint density at radius 2 is 1.32 bits per heavy atom. The zero-order valence-corrected chi connectivity index (χ0v) is 16.6. The van der Waals surface area contributed by atoms with E-state index in [1.165, 1.54) is 10.6 Å². The second-order valence-electron chi connectivity index (χ2n) is 6.50. The van der Waals surface area contributed by atoms with Gasteiger partial charge in [0.25, 0.3) is 5.91 Å². The van der Waals surface area contributed by atoms with E-state index >= 15 is 0 Å². The van der Waals surface area contributed by atoms with Gasteiger partial charge in [-0.25, -0.2) is 8.42 Å². The standard InChI is InChI=1S/C22H22N2O3S/c1-23(20-11-7-4-8-12-20)22(25)19-13-15-21(16-14-19)24(28(2,26)27)17-18-9-5-3-6-10-18/h3-16H,17H2,1-2H3. The van der Waals surface area contributed by atoms with E-state index in [0.717, 1.165) is 11.3 Å². The van der Waals surface area contributed by atoms with Gasteiger partial charge in [0.2, 0.25) is 10.0 Å². The summed E-state index contributed by atoms with van der Waals surface area (Å²) in [6.45, 7) is 0.233. The SMILES string of the molecule is CN(C(=O)c1ccc(N(Cc2ccccc2)S(C)(=O)=O)cc1)c1ccccc1. The van der Waals surface area contributed by atoms with Crippen LogP contribution in [0.5, 0.6) is 0 Å². The van der Waals surface area contributed by atoms with Crippen molar-refractivity contribution in [3.8, 4) is 0 Å². The Morgan fingerprint density at radius 3 is 1.86 bits per heavy atom. The van der Waals surface area contributed by atoms with Crippen LogP contribution in [0.4, 0.5) is 11.4 Å². The highest BCUT2D eigenvalue weighted by Crippen LogP contribution is 2.22. The lowest BCUT2D eigenvalue weighted by molar-refractivity contribution is 0.0993. The van der Waals surface area contributed by atoms with Crippen LogP contribution in [0.2, 0.25) is 0 Å². The zero-order chi connectivity index (χ0) is 20.1. The average Bonchev–Trinajstić information content (AvgIpc) is 2.72. The van der Waals surface area contributed by atoms with Gasteiger partial charge in [-0.15, -0.1) is 0 Å². The van der Waals surface area contributed by atoms with Crippen LogP contribution in [0, 0.1) is 0 Å². The van der Waals surface area contributed by atoms with E-state index in [-0.39, 0.29) is 12.5 Å². The van der Waals surface area contributed by atoms with Crippen molar-refractivity contribution < 1.29 is 13.2 Å². The largest absolute Gasteiger partial charge is 0.311 e. The van der Waals surface area contributed by atoms with Gasteiger partial charge in [-0.3, -0.25) is 9.10 Å². The van der Waals surface area contributed by atoms with Crippen molar-refractivity contribution in [2.45, 2.75) is 6.54 Å². The number of anilines is 2. The molecule has 5 nitrogen and oxygen atoms in total. The molecule has 0 aliphatic heterocycles. The van der Waals surface area contributed by atoms with E-state index < -0.39 is 10.0 Å². The fraction of sp³-hybridized carbons (Fsp3) is 0.136. The molecule has 0 saturated heterocycles. The summed E-state index contributed by atoms with van der Waals surface area (Å²) in [4.78, 5) is 14.3. The molecule has 0 fully saturated rings. The van der Waals surface area contributed by atoms with Crippen molar-refractivity contribution in [3.05, 3.63) is 96.1 Å². The summed E-state index contributed by atoms with van der Waals surface area (Å²) in [5, 5.41) is 0. The van der Waals surface area contributed by atoms with Gasteiger partial charge in [-0.05, 0) is 42.0 Å². The number of rotatable bonds is 6. The van der Waals surface area contributed by atoms with Crippen molar-refractivity contribution in [2.24, 2.45) is 0 Å². The first-order valence-electron chi connectivity index (χ1n) is 8.81. The molecular formula is C22H22N2O3S. The van der Waals surface area contributed by atoms with Gasteiger partial charge < -0.3 is 4.90 Å². The van der Waals surface area contributed by atoms with E-state index in [9.17, 15) is 13.2 Å². The van der Waals surface area contributed by atoms with Crippen LogP contribution < -0.4 is 9.21 Å². The fourth-order valence-corrected chi connectivity index (χ4v) is 3.77. The van der Waals surface area contributed by atoms with Crippen LogP contribution in [0.15, 0.2) is 84.9 Å². The minimum Gasteiger partial charge on any atom is -0.311 e. The van der Waals surface area contributed by atoms with Crippen LogP contribution in [-0.2, 0) is 16.6 Å². The quantitative estimate of drug-likeness (QED) is 0.637. The van der Waals surface area contributed by atoms with E-state index in [2.05, 4.69) is 0 Å². The monoisotopic (exact) mass is 394 g/mol. The molecule has 144 valence electrons. The lowest BCUT2D eigenvalue weighted by Crippen LogP contribution is -2.29. The molecule has 0 aliphatic carbocycles. The second kappa shape index (κ2) is 8.27. The molecule has 0 radical (unpaired) electrons. The lowest BCUT2D eigenvalue weighted by atomic mass is 10.1. The highest BCUT2D eigenvalue weighted by atomic mass is 32.2. The first-order valence-corrected chi connectivity index (χ1v) is 10.7. The van der Waals surface area contributed by atoms with Crippen molar-refractivity contribution in [1.29, 1.82) is 0 Å². The smallest absolute Gasteiger partial charge is 0.258 e. The molecule has 0 atom stereocenters. The molecule has 0 heterocycles. The van der Waals surface area contributed by atoms with Gasteiger partial charge >= 0.3 is 0 Å². The third kappa shape index (κ3) is 4.58. The predicted molar refractivity (Wildman–Crippen MR) is 113 cm³/mol. The topological polar surface area (TPSA) is 57.7 Å². The molecule has 0 N–H and O–H groups in total. The maximum absolute atomic E-state index is 12.7. The first-order chi connectivity index (χ1) is 13.4. The number of hydrogen-bond acceptors (Lipinski definition) is 3. The summed E-state index contributed by atoms with van der Waals surface area (Å²) in [5.74, 6) is -0.160. The Hall–Kier alpha value is -3.12. The molecule has 3 rings (SSSR count). The predicted octanol–water partition coefficient (Wildman–Crippen LogP) is 3.93. The molecule has 0 unspecified atom stereocenters. The molecule has 1 amide bonds. The Balaban J connectivity index is 1.84. The van der Waals surface area contributed by atoms with Gasteiger partial charge in [-0.1, -0.05) is 48.5 Å². The van der Waals surface area contributed by atoms with Crippen molar-refractivity contribution in [1.82, 2.24) is 0 Å². The van der Waals surface area contributed by atoms with Crippen molar-refractivity contribution >= 4 is 27.3 Å². The lowest BCUT2D eigenvalue weighted by Gasteiger charge is -2.23. The van der Waals surface area contributed by atoms with Crippen LogP contribution in [-0.4, -0.2) is 27.6 Å². The normalized spacial score (nSPS) is 11.1. The highest BCUT2D eigenvalue weighted by molar-refractivity contribution is 7.92. The summed E-state index contributed by atoms with van der Waals surface area (Å²) in [6.07, 6.45) is 1.18. The van der Waals surface area contributed by atoms with Gasteiger partial charge in [0.1, 0.15) is 0 Å². The molecule has 0 spiro atoms. The summed E-state index contributed by atoms with van der Waals surface area (Å²) in [7, 11) is -1.76. The maximum atomic E-state index is 12.7. The fourth-order valence-electron chi connectivity index (χ4n) is 2.88. The number of sulfonamides is 1. The number of hydrogen-bond donors (Lipinski definition) is 0. The summed E-state index contributed by atoms with van der Waals surface area (Å²) < 4.78 is 25.9. The van der Waals surface area contributed by atoms with Crippen LogP contribution >= 0.6 is 0 Å². The van der Waals surface area contributed by atoms with Gasteiger partial charge in [0.05, 0.1) is 18.5 Å². The molecule has 0 saturated carbocycles. The van der Waals surface area contributed by atoms with E-state index in [0.29, 0.717) is 11.3 Å². The van der Waals surface area contributed by atoms with E-state index in [4.69, 9.17) is 0 Å². The zero-order valence-electron chi connectivity index (χ0n) is 15.8. The number of para-hydroxylation sites is 1. The Bertz CT molecular complexity index is 1030. The highest BCUT2D eigenvalue weighted by Gasteiger charge is 2.19. The van der Waals surface area contributed by atoms with Gasteiger partial charge in [0, 0.05) is 18.3 Å². The first kappa shape index (κ1) is 19.6. The molecule has 28 heavy (non-hydrogen) atoms. The Morgan fingerprint density at radius 1 is 0.786 bits per heavy atom. The Labute approximate surface area is 165 Å². The number of amides is 1.